The van der Waals surface area contributed by atoms with Crippen molar-refractivity contribution in [3.05, 3.63) is 136 Å². The summed E-state index contributed by atoms with van der Waals surface area (Å²) in [5.41, 5.74) is 10.9. The number of fused-ring (bicyclic) bond motifs is 2. The molecule has 7 amide bonds. The fourth-order valence-corrected chi connectivity index (χ4v) is 17.3. The summed E-state index contributed by atoms with van der Waals surface area (Å²) in [4.78, 5) is 150. The van der Waals surface area contributed by atoms with Crippen LogP contribution in [0.4, 0.5) is 20.5 Å². The molecule has 4 saturated carbocycles. The summed E-state index contributed by atoms with van der Waals surface area (Å²) < 4.78 is 27.7. The number of ether oxygens (including phenoxy) is 2. The number of Topliss-reactive ketones (excluding diaryl/α,β-unsaturated/α-hetero) is 2. The number of hydrogen-bond acceptors (Lipinski definition) is 17. The highest BCUT2D eigenvalue weighted by Crippen LogP contribution is 2.63. The highest BCUT2D eigenvalue weighted by atomic mass is 32.1. The third-order valence-electron chi connectivity index (χ3n) is 20.6. The SMILES string of the molecule is Cc1c(-c2ccc(N3CCc4cccc(C(=O)Nc5nc6ccccc6s5)c4C3)nc2C(=O)O)cnn1CC12CC3CC(C1)CC(OCCCN(CCP(=O)(O)O)C(=O)OCc1ccc(CC(=O)[C@H](CCCNC(N)=O)NC(=O)[C@@H](CC(=O)CCCCCN4C(=O)C=CC4=O)C(C)C)cc1)(C3)C2. The maximum atomic E-state index is 14.0. The standard InChI is InChI=1S/C74H90N11O15PS/c1-46(2)56(36-53(86)13-5-4-8-29-84-64(88)24-25-65(84)89)68(91)78-59(16-10-27-76-70(75)94)61(87)35-48-18-20-49(21-19-48)43-99-72(95)82(31-33-101(96,97)98)28-11-32-100-74-39-50-34-51(40-74)38-73(37-50,44-74)45-85-47(3)57(41-77-85)54-22-23-63(80-66(54)69(92)93)83-30-26-52-12-9-14-55(58(52)42-83)67(90)81-71-79-60-15-6-7-17-62(60)102-71/h6-7,9,12,14-15,17-25,41,46,50-51,56,59H,4-5,8,10-11,13,16,26-40,42-45H2,1-3H3,(H,78,91)(H,92,93)(H3,75,76,94)(H,79,81,90)(H2,96,97,98)/t50?,51?,56-,59-,73?,74?/m0/s1. The number of aromatic carboxylic acids is 1. The van der Waals surface area contributed by atoms with Crippen molar-refractivity contribution >= 4 is 93.4 Å². The Bertz CT molecular complexity index is 4160. The number of rotatable bonds is 35. The number of urea groups is 1. The molecule has 28 heteroatoms. The molecule has 102 heavy (non-hydrogen) atoms. The average molecular weight is 1440 g/mol. The monoisotopic (exact) mass is 1440 g/mol. The number of pyridine rings is 1. The molecule has 4 bridgehead atoms. The summed E-state index contributed by atoms with van der Waals surface area (Å²) in [7, 11) is -4.52. The number of aromatic nitrogens is 4. The highest BCUT2D eigenvalue weighted by Gasteiger charge is 2.58. The van der Waals surface area contributed by atoms with E-state index in [0.29, 0.717) is 109 Å². The van der Waals surface area contributed by atoms with Crippen LogP contribution in [0.25, 0.3) is 21.3 Å². The van der Waals surface area contributed by atoms with Crippen LogP contribution in [0, 0.1) is 36.0 Å². The van der Waals surface area contributed by atoms with E-state index in [0.717, 1.165) is 70.5 Å². The van der Waals surface area contributed by atoms with Gasteiger partial charge in [-0.15, -0.1) is 0 Å². The lowest BCUT2D eigenvalue weighted by Gasteiger charge is -2.61. The predicted octanol–water partition coefficient (Wildman–Crippen LogP) is 9.70. The van der Waals surface area contributed by atoms with Crippen molar-refractivity contribution in [1.29, 1.82) is 0 Å². The number of thiazole rings is 1. The van der Waals surface area contributed by atoms with E-state index >= 15 is 0 Å². The lowest BCUT2D eigenvalue weighted by Crippen LogP contribution is -2.58. The zero-order valence-electron chi connectivity index (χ0n) is 57.8. The number of para-hydroxylation sites is 1. The number of primary amides is 1. The van der Waals surface area contributed by atoms with Gasteiger partial charge >= 0.3 is 25.7 Å². The van der Waals surface area contributed by atoms with Gasteiger partial charge in [-0.05, 0) is 160 Å². The van der Waals surface area contributed by atoms with E-state index in [9.17, 15) is 62.6 Å². The van der Waals surface area contributed by atoms with Gasteiger partial charge in [0.25, 0.3) is 17.7 Å². The number of nitrogens with one attached hydrogen (secondary N) is 3. The molecular formula is C74H90N11O15PS. The fourth-order valence-electron chi connectivity index (χ4n) is 15.9. The van der Waals surface area contributed by atoms with Gasteiger partial charge in [0.2, 0.25) is 5.91 Å². The van der Waals surface area contributed by atoms with Crippen LogP contribution >= 0.6 is 18.9 Å². The Hall–Kier alpha value is -9.01. The maximum Gasteiger partial charge on any atom is 0.410 e. The zero-order valence-corrected chi connectivity index (χ0v) is 59.5. The number of unbranched alkanes of at least 4 members (excludes halogenated alkanes) is 2. The molecule has 4 aliphatic carbocycles. The Morgan fingerprint density at radius 2 is 1.60 bits per heavy atom. The van der Waals surface area contributed by atoms with Crippen molar-refractivity contribution in [2.75, 3.05) is 55.7 Å². The van der Waals surface area contributed by atoms with Crippen LogP contribution in [0.2, 0.25) is 0 Å². The summed E-state index contributed by atoms with van der Waals surface area (Å²) in [5.74, 6) is -2.69. The predicted molar refractivity (Wildman–Crippen MR) is 381 cm³/mol. The summed E-state index contributed by atoms with van der Waals surface area (Å²) in [6, 6.07) is 22.1. The van der Waals surface area contributed by atoms with E-state index in [1.165, 1.54) is 28.4 Å². The van der Waals surface area contributed by atoms with Crippen molar-refractivity contribution in [1.82, 2.24) is 40.2 Å². The van der Waals surface area contributed by atoms with Crippen molar-refractivity contribution in [2.45, 2.75) is 155 Å². The van der Waals surface area contributed by atoms with E-state index in [2.05, 4.69) is 20.9 Å². The minimum absolute atomic E-state index is 0.0399. The van der Waals surface area contributed by atoms with Gasteiger partial charge in [0.1, 0.15) is 18.2 Å². The third kappa shape index (κ3) is 18.6. The summed E-state index contributed by atoms with van der Waals surface area (Å²) in [6.07, 6.45) is 11.7. The lowest BCUT2D eigenvalue weighted by atomic mass is 9.48. The highest BCUT2D eigenvalue weighted by molar-refractivity contribution is 7.51. The Balaban J connectivity index is 0.668. The fraction of sp³-hybridized carbons (Fsp3) is 0.486. The number of anilines is 2. The molecule has 2 unspecified atom stereocenters. The topological polar surface area (TPSA) is 365 Å². The molecule has 4 atom stereocenters. The van der Waals surface area contributed by atoms with Crippen molar-refractivity contribution in [2.24, 2.45) is 34.8 Å². The van der Waals surface area contributed by atoms with Crippen molar-refractivity contribution in [3.63, 3.8) is 0 Å². The average Bonchev–Trinajstić information content (AvgIpc) is 1.30. The second kappa shape index (κ2) is 32.5. The summed E-state index contributed by atoms with van der Waals surface area (Å²) in [6.45, 7) is 7.51. The van der Waals surface area contributed by atoms with Crippen LogP contribution in [0.3, 0.4) is 0 Å². The molecule has 8 N–H and O–H groups in total. The molecule has 2 aliphatic heterocycles. The van der Waals surface area contributed by atoms with Crippen LogP contribution in [-0.4, -0.2) is 155 Å². The van der Waals surface area contributed by atoms with Gasteiger partial charge in [0.05, 0.1) is 34.2 Å². The maximum absolute atomic E-state index is 14.0. The molecule has 5 heterocycles. The molecular weight excluding hydrogens is 1350 g/mol. The summed E-state index contributed by atoms with van der Waals surface area (Å²) in [5, 5.41) is 24.5. The second-order valence-corrected chi connectivity index (χ2v) is 31.3. The molecule has 26 nitrogen and oxygen atoms in total. The molecule has 4 fully saturated rings. The van der Waals surface area contributed by atoms with Gasteiger partial charge in [-0.3, -0.25) is 48.2 Å². The first-order valence-electron chi connectivity index (χ1n) is 35.2. The lowest BCUT2D eigenvalue weighted by molar-refractivity contribution is -0.197. The van der Waals surface area contributed by atoms with E-state index in [-0.39, 0.29) is 111 Å². The number of amides is 7. The molecule has 3 aromatic heterocycles. The van der Waals surface area contributed by atoms with Gasteiger partial charge in [-0.25, -0.2) is 24.4 Å². The number of benzene rings is 3. The molecule has 0 radical (unpaired) electrons. The first kappa shape index (κ1) is 74.2. The molecule has 12 rings (SSSR count). The molecule has 542 valence electrons. The smallest absolute Gasteiger partial charge is 0.410 e. The molecule has 6 aliphatic rings. The number of nitrogens with two attached hydrogens (primary N) is 1. The normalized spacial score (nSPS) is 19.6. The molecule has 0 spiro atoms. The van der Waals surface area contributed by atoms with Crippen LogP contribution in [-0.2, 0) is 70.5 Å². The first-order valence-corrected chi connectivity index (χ1v) is 37.8. The van der Waals surface area contributed by atoms with E-state index in [1.807, 2.05) is 72.8 Å². The van der Waals surface area contributed by atoms with E-state index in [4.69, 9.17) is 25.3 Å². The largest absolute Gasteiger partial charge is 0.476 e. The minimum atomic E-state index is -4.52. The van der Waals surface area contributed by atoms with Crippen LogP contribution in [0.15, 0.2) is 97.2 Å². The number of carboxylic acid groups (broad SMARTS) is 1. The van der Waals surface area contributed by atoms with Gasteiger partial charge in [0.15, 0.2) is 16.6 Å². The molecule has 6 aromatic rings. The summed E-state index contributed by atoms with van der Waals surface area (Å²) >= 11 is 1.41. The number of carbonyl (C=O) groups excluding carboxylic acids is 8. The van der Waals surface area contributed by atoms with E-state index < -0.39 is 55.3 Å². The Morgan fingerprint density at radius 1 is 0.853 bits per heavy atom. The van der Waals surface area contributed by atoms with Crippen LogP contribution in [0.1, 0.15) is 153 Å². The number of hydrogen-bond donors (Lipinski definition) is 7. The molecule has 3 aromatic carbocycles. The first-order chi connectivity index (χ1) is 48.8. The Labute approximate surface area is 595 Å². The number of nitrogens with zero attached hydrogens (tertiary/aromatic N) is 7. The minimum Gasteiger partial charge on any atom is -0.476 e. The van der Waals surface area contributed by atoms with Crippen molar-refractivity contribution < 1.29 is 72.1 Å². The number of imide groups is 1. The van der Waals surface area contributed by atoms with Crippen molar-refractivity contribution in [3.8, 4) is 11.1 Å². The van der Waals surface area contributed by atoms with Crippen LogP contribution in [0.5, 0.6) is 0 Å². The van der Waals surface area contributed by atoms with Crippen LogP contribution < -0.4 is 26.6 Å². The molecule has 0 saturated heterocycles. The third-order valence-corrected chi connectivity index (χ3v) is 22.3. The van der Waals surface area contributed by atoms with Gasteiger partial charge in [-0.1, -0.05) is 80.1 Å². The van der Waals surface area contributed by atoms with E-state index in [1.54, 1.807) is 42.6 Å². The Kier molecular flexibility index (Phi) is 23.7. The second-order valence-electron chi connectivity index (χ2n) is 28.5. The number of carboxylic acids is 1. The van der Waals surface area contributed by atoms with Gasteiger partial charge in [0, 0.05) is 112 Å². The quantitative estimate of drug-likeness (QED) is 0.0110. The number of carbonyl (C=O) groups is 9. The van der Waals surface area contributed by atoms with Gasteiger partial charge in [-0.2, -0.15) is 5.10 Å². The Morgan fingerprint density at radius 3 is 2.31 bits per heavy atom. The number of ketones is 2. The van der Waals surface area contributed by atoms with Gasteiger partial charge < -0.3 is 50.5 Å². The zero-order chi connectivity index (χ0) is 72.5.